The Balaban J connectivity index is 1.75. The van der Waals surface area contributed by atoms with E-state index >= 15 is 0 Å². The van der Waals surface area contributed by atoms with E-state index in [1.54, 1.807) is 18.0 Å². The molecule has 128 valence electrons. The Bertz CT molecular complexity index is 921. The number of carbonyl (C=O) groups is 2. The van der Waals surface area contributed by atoms with Gasteiger partial charge in [0.2, 0.25) is 5.91 Å². The maximum atomic E-state index is 11.2. The fraction of sp³-hybridized carbons (Fsp3) is 0.118. The molecule has 0 bridgehead atoms. The van der Waals surface area contributed by atoms with Crippen LogP contribution in [0.4, 0.5) is 16.3 Å². The summed E-state index contributed by atoms with van der Waals surface area (Å²) in [7, 11) is 1.30. The number of nitrogens with zero attached hydrogens (tertiary/aromatic N) is 2. The summed E-state index contributed by atoms with van der Waals surface area (Å²) in [6, 6.07) is 11.4. The van der Waals surface area contributed by atoms with Crippen LogP contribution >= 0.6 is 11.8 Å². The van der Waals surface area contributed by atoms with Gasteiger partial charge in [-0.1, -0.05) is 11.8 Å². The van der Waals surface area contributed by atoms with Gasteiger partial charge in [0.15, 0.2) is 5.82 Å². The van der Waals surface area contributed by atoms with Crippen LogP contribution in [0.2, 0.25) is 0 Å². The number of benzene rings is 1. The van der Waals surface area contributed by atoms with E-state index in [4.69, 9.17) is 0 Å². The van der Waals surface area contributed by atoms with E-state index in [-0.39, 0.29) is 5.91 Å². The maximum Gasteiger partial charge on any atom is 0.412 e. The zero-order valence-corrected chi connectivity index (χ0v) is 14.5. The highest BCUT2D eigenvalue weighted by Crippen LogP contribution is 2.29. The second-order valence-electron chi connectivity index (χ2n) is 5.18. The predicted octanol–water partition coefficient (Wildman–Crippen LogP) is 3.62. The Hall–Kier alpha value is -3.00. The third-order valence-corrected chi connectivity index (χ3v) is 4.23. The molecule has 0 unspecified atom stereocenters. The normalized spacial score (nSPS) is 10.5. The number of rotatable bonds is 4. The third kappa shape index (κ3) is 4.30. The maximum absolute atomic E-state index is 11.2. The van der Waals surface area contributed by atoms with Gasteiger partial charge in [0.05, 0.1) is 13.3 Å². The Labute approximate surface area is 148 Å². The standard InChI is InChI=1S/C17H16N4O3S/c1-11(22)18-12-3-5-13(6-4-12)25-14-7-8-16-19-15(10-21(16)9-14)20-17(23)24-2/h3-10H,1-2H3,(H,18,22)(H,20,23). The summed E-state index contributed by atoms with van der Waals surface area (Å²) in [6.07, 6.45) is 3.09. The van der Waals surface area contributed by atoms with Gasteiger partial charge in [-0.3, -0.25) is 10.1 Å². The molecule has 8 heteroatoms. The van der Waals surface area contributed by atoms with E-state index < -0.39 is 6.09 Å². The molecule has 3 aromatic rings. The lowest BCUT2D eigenvalue weighted by Gasteiger charge is -2.05. The van der Waals surface area contributed by atoms with E-state index in [0.29, 0.717) is 5.82 Å². The number of hydrogen-bond donors (Lipinski definition) is 2. The van der Waals surface area contributed by atoms with Gasteiger partial charge in [-0.05, 0) is 36.4 Å². The van der Waals surface area contributed by atoms with Gasteiger partial charge in [-0.15, -0.1) is 0 Å². The van der Waals surface area contributed by atoms with E-state index in [1.807, 2.05) is 47.0 Å². The van der Waals surface area contributed by atoms with Crippen molar-refractivity contribution in [2.75, 3.05) is 17.7 Å². The molecule has 0 radical (unpaired) electrons. The molecule has 7 nitrogen and oxygen atoms in total. The number of ether oxygens (including phenoxy) is 1. The fourth-order valence-corrected chi connectivity index (χ4v) is 3.04. The topological polar surface area (TPSA) is 84.7 Å². The highest BCUT2D eigenvalue weighted by atomic mass is 32.2. The average molecular weight is 356 g/mol. The molecule has 0 spiro atoms. The van der Waals surface area contributed by atoms with E-state index in [9.17, 15) is 9.59 Å². The molecule has 2 heterocycles. The molecule has 0 aliphatic carbocycles. The molecular formula is C17H16N4O3S. The van der Waals surface area contributed by atoms with Crippen LogP contribution < -0.4 is 10.6 Å². The average Bonchev–Trinajstić information content (AvgIpc) is 2.97. The highest BCUT2D eigenvalue weighted by Gasteiger charge is 2.07. The molecule has 1 aromatic carbocycles. The van der Waals surface area contributed by atoms with Crippen molar-refractivity contribution in [3.8, 4) is 0 Å². The minimum Gasteiger partial charge on any atom is -0.453 e. The second-order valence-corrected chi connectivity index (χ2v) is 6.33. The predicted molar refractivity (Wildman–Crippen MR) is 96.1 cm³/mol. The highest BCUT2D eigenvalue weighted by molar-refractivity contribution is 7.99. The van der Waals surface area contributed by atoms with Crippen molar-refractivity contribution >= 4 is 40.9 Å². The Kier molecular flexibility index (Phi) is 4.90. The zero-order chi connectivity index (χ0) is 17.8. The lowest BCUT2D eigenvalue weighted by Crippen LogP contribution is -2.10. The number of nitrogens with one attached hydrogen (secondary N) is 2. The van der Waals surface area contributed by atoms with Crippen LogP contribution in [0.3, 0.4) is 0 Å². The summed E-state index contributed by atoms with van der Waals surface area (Å²) >= 11 is 1.58. The van der Waals surface area contributed by atoms with Crippen molar-refractivity contribution in [2.24, 2.45) is 0 Å². The minimum atomic E-state index is -0.558. The summed E-state index contributed by atoms with van der Waals surface area (Å²) in [4.78, 5) is 28.6. The number of imidazole rings is 1. The van der Waals surface area contributed by atoms with Gasteiger partial charge in [0.1, 0.15) is 5.65 Å². The number of methoxy groups -OCH3 is 1. The smallest absolute Gasteiger partial charge is 0.412 e. The van der Waals surface area contributed by atoms with Crippen molar-refractivity contribution in [3.63, 3.8) is 0 Å². The van der Waals surface area contributed by atoms with Gasteiger partial charge < -0.3 is 14.5 Å². The molecule has 25 heavy (non-hydrogen) atoms. The van der Waals surface area contributed by atoms with Crippen LogP contribution in [0.1, 0.15) is 6.92 Å². The summed E-state index contributed by atoms with van der Waals surface area (Å²) < 4.78 is 6.39. The first kappa shape index (κ1) is 16.8. The first-order valence-corrected chi connectivity index (χ1v) is 8.24. The van der Waals surface area contributed by atoms with Crippen LogP contribution in [0.15, 0.2) is 58.6 Å². The van der Waals surface area contributed by atoms with Crippen LogP contribution in [0.5, 0.6) is 0 Å². The third-order valence-electron chi connectivity index (χ3n) is 3.25. The number of carbonyl (C=O) groups excluding carboxylic acids is 2. The number of pyridine rings is 1. The van der Waals surface area contributed by atoms with Crippen molar-refractivity contribution < 1.29 is 14.3 Å². The number of amides is 2. The largest absolute Gasteiger partial charge is 0.453 e. The monoisotopic (exact) mass is 356 g/mol. The Morgan fingerprint density at radius 2 is 1.76 bits per heavy atom. The quantitative estimate of drug-likeness (QED) is 0.746. The summed E-state index contributed by atoms with van der Waals surface area (Å²) in [5.74, 6) is 0.330. The van der Waals surface area contributed by atoms with Crippen molar-refractivity contribution in [1.29, 1.82) is 0 Å². The molecule has 2 aromatic heterocycles. The fourth-order valence-electron chi connectivity index (χ4n) is 2.19. The SMILES string of the molecule is COC(=O)Nc1cn2cc(Sc3ccc(NC(C)=O)cc3)ccc2n1. The molecule has 0 saturated heterocycles. The second kappa shape index (κ2) is 7.27. The van der Waals surface area contributed by atoms with E-state index in [1.165, 1.54) is 14.0 Å². The molecule has 2 amide bonds. The molecule has 3 rings (SSSR count). The Morgan fingerprint density at radius 1 is 1.04 bits per heavy atom. The van der Waals surface area contributed by atoms with Crippen molar-refractivity contribution in [3.05, 3.63) is 48.8 Å². The first-order valence-electron chi connectivity index (χ1n) is 7.43. The van der Waals surface area contributed by atoms with Crippen molar-refractivity contribution in [2.45, 2.75) is 16.7 Å². The number of anilines is 2. The van der Waals surface area contributed by atoms with Crippen LogP contribution in [-0.4, -0.2) is 28.5 Å². The summed E-state index contributed by atoms with van der Waals surface area (Å²) in [5, 5.41) is 5.28. The Morgan fingerprint density at radius 3 is 2.44 bits per heavy atom. The molecule has 0 aliphatic rings. The van der Waals surface area contributed by atoms with Gasteiger partial charge in [-0.2, -0.15) is 0 Å². The molecule has 0 saturated carbocycles. The number of fused-ring (bicyclic) bond motifs is 1. The van der Waals surface area contributed by atoms with Crippen molar-refractivity contribution in [1.82, 2.24) is 9.38 Å². The molecule has 0 atom stereocenters. The molecule has 0 aliphatic heterocycles. The zero-order valence-electron chi connectivity index (χ0n) is 13.6. The molecular weight excluding hydrogens is 340 g/mol. The first-order chi connectivity index (χ1) is 12.0. The lowest BCUT2D eigenvalue weighted by atomic mass is 10.3. The number of aromatic nitrogens is 2. The van der Waals surface area contributed by atoms with Crippen LogP contribution in [-0.2, 0) is 9.53 Å². The molecule has 2 N–H and O–H groups in total. The van der Waals surface area contributed by atoms with Crippen LogP contribution in [0.25, 0.3) is 5.65 Å². The van der Waals surface area contributed by atoms with Gasteiger partial charge in [0.25, 0.3) is 0 Å². The number of hydrogen-bond acceptors (Lipinski definition) is 5. The summed E-state index contributed by atoms with van der Waals surface area (Å²) in [5.41, 5.74) is 1.48. The van der Waals surface area contributed by atoms with Gasteiger partial charge in [-0.25, -0.2) is 9.78 Å². The van der Waals surface area contributed by atoms with Gasteiger partial charge in [0, 0.05) is 28.6 Å². The van der Waals surface area contributed by atoms with E-state index in [0.717, 1.165) is 21.1 Å². The van der Waals surface area contributed by atoms with Crippen LogP contribution in [0, 0.1) is 0 Å². The van der Waals surface area contributed by atoms with E-state index in [2.05, 4.69) is 20.4 Å². The summed E-state index contributed by atoms with van der Waals surface area (Å²) in [6.45, 7) is 1.48. The lowest BCUT2D eigenvalue weighted by molar-refractivity contribution is -0.114. The van der Waals surface area contributed by atoms with Gasteiger partial charge >= 0.3 is 6.09 Å². The minimum absolute atomic E-state index is 0.0951. The molecule has 0 fully saturated rings.